The Balaban J connectivity index is 1.55. The zero-order valence-electron chi connectivity index (χ0n) is 17.5. The maximum absolute atomic E-state index is 13.6. The van der Waals surface area contributed by atoms with Crippen molar-refractivity contribution in [3.63, 3.8) is 0 Å². The minimum Gasteiger partial charge on any atom is -0.368 e. The van der Waals surface area contributed by atoms with Crippen LogP contribution >= 0.6 is 0 Å². The lowest BCUT2D eigenvalue weighted by molar-refractivity contribution is 0.0956. The summed E-state index contributed by atoms with van der Waals surface area (Å²) >= 11 is 0. The van der Waals surface area contributed by atoms with Crippen LogP contribution in [0, 0.1) is 6.92 Å². The fourth-order valence-electron chi connectivity index (χ4n) is 4.48. The summed E-state index contributed by atoms with van der Waals surface area (Å²) in [6, 6.07) is 25.4. The van der Waals surface area contributed by atoms with E-state index in [4.69, 9.17) is 0 Å². The van der Waals surface area contributed by atoms with E-state index in [2.05, 4.69) is 21.9 Å². The highest BCUT2D eigenvalue weighted by atomic mass is 16.1. The molecule has 1 fully saturated rings. The number of hydrogen-bond donors (Lipinski definition) is 0. The van der Waals surface area contributed by atoms with Crippen LogP contribution in [0.3, 0.4) is 0 Å². The molecule has 0 saturated carbocycles. The smallest absolute Gasteiger partial charge is 0.210 e. The van der Waals surface area contributed by atoms with Crippen LogP contribution in [0.4, 0.5) is 5.69 Å². The van der Waals surface area contributed by atoms with Crippen LogP contribution in [-0.2, 0) is 0 Å². The van der Waals surface area contributed by atoms with Gasteiger partial charge in [0.2, 0.25) is 5.78 Å². The number of carbonyl (C=O) groups is 2. The molecule has 0 bridgehead atoms. The van der Waals surface area contributed by atoms with Gasteiger partial charge in [-0.05, 0) is 24.6 Å². The minimum atomic E-state index is -0.0699. The lowest BCUT2D eigenvalue weighted by Gasteiger charge is -2.39. The number of ketones is 2. The molecule has 31 heavy (non-hydrogen) atoms. The van der Waals surface area contributed by atoms with Crippen LogP contribution in [0.1, 0.15) is 31.8 Å². The van der Waals surface area contributed by atoms with Crippen molar-refractivity contribution in [3.05, 3.63) is 107 Å². The van der Waals surface area contributed by atoms with Crippen molar-refractivity contribution in [2.24, 2.45) is 0 Å². The molecule has 3 aromatic carbocycles. The Morgan fingerprint density at radius 1 is 0.613 bits per heavy atom. The van der Waals surface area contributed by atoms with Gasteiger partial charge < -0.3 is 9.80 Å². The van der Waals surface area contributed by atoms with E-state index in [0.717, 1.165) is 24.2 Å². The number of allylic oxidation sites excluding steroid dienone is 2. The topological polar surface area (TPSA) is 40.6 Å². The standard InChI is InChI=1S/C27H24N2O2/c1-19-11-13-20(14-12-19)24-25(27(31)23-10-6-5-9-22(23)26(24)30)29-17-15-28(16-18-29)21-7-3-2-4-8-21/h2-14H,15-18H2,1H3. The molecule has 1 saturated heterocycles. The molecule has 0 spiro atoms. The van der Waals surface area contributed by atoms with Crippen molar-refractivity contribution in [2.45, 2.75) is 6.92 Å². The number of benzene rings is 3. The minimum absolute atomic E-state index is 0.0565. The number of carbonyl (C=O) groups excluding carboxylic acids is 2. The summed E-state index contributed by atoms with van der Waals surface area (Å²) in [4.78, 5) is 31.6. The molecular formula is C27H24N2O2. The lowest BCUT2D eigenvalue weighted by atomic mass is 9.83. The van der Waals surface area contributed by atoms with E-state index in [1.165, 1.54) is 5.69 Å². The van der Waals surface area contributed by atoms with Crippen LogP contribution in [0.5, 0.6) is 0 Å². The normalized spacial score (nSPS) is 16.5. The number of rotatable bonds is 3. The molecule has 0 N–H and O–H groups in total. The molecule has 0 amide bonds. The third kappa shape index (κ3) is 3.44. The van der Waals surface area contributed by atoms with Crippen molar-refractivity contribution in [3.8, 4) is 0 Å². The number of nitrogens with zero attached hydrogens (tertiary/aromatic N) is 2. The SMILES string of the molecule is Cc1ccc(C2=C(N3CCN(c4ccccc4)CC3)C(=O)c3ccccc3C2=O)cc1. The van der Waals surface area contributed by atoms with Crippen molar-refractivity contribution in [2.75, 3.05) is 31.1 Å². The first-order valence-corrected chi connectivity index (χ1v) is 10.7. The van der Waals surface area contributed by atoms with E-state index in [-0.39, 0.29) is 11.6 Å². The van der Waals surface area contributed by atoms with Crippen molar-refractivity contribution in [1.29, 1.82) is 0 Å². The second-order valence-corrected chi connectivity index (χ2v) is 8.10. The summed E-state index contributed by atoms with van der Waals surface area (Å²) in [7, 11) is 0. The van der Waals surface area contributed by atoms with Gasteiger partial charge in [-0.3, -0.25) is 9.59 Å². The number of hydrogen-bond acceptors (Lipinski definition) is 4. The number of aryl methyl sites for hydroxylation is 1. The molecule has 154 valence electrons. The zero-order valence-corrected chi connectivity index (χ0v) is 17.5. The molecule has 2 aliphatic rings. The first-order valence-electron chi connectivity index (χ1n) is 10.7. The molecule has 1 aliphatic heterocycles. The van der Waals surface area contributed by atoms with E-state index in [1.54, 1.807) is 12.1 Å². The second kappa shape index (κ2) is 7.88. The van der Waals surface area contributed by atoms with Gasteiger partial charge in [0, 0.05) is 43.0 Å². The third-order valence-corrected chi connectivity index (χ3v) is 6.15. The molecule has 0 atom stereocenters. The summed E-state index contributed by atoms with van der Waals surface area (Å²) in [6.07, 6.45) is 0. The Kier molecular flexibility index (Phi) is 4.91. The molecule has 5 rings (SSSR count). The maximum atomic E-state index is 13.6. The van der Waals surface area contributed by atoms with Gasteiger partial charge in [0.25, 0.3) is 0 Å². The average molecular weight is 409 g/mol. The quantitative estimate of drug-likeness (QED) is 0.635. The van der Waals surface area contributed by atoms with Crippen LogP contribution in [0.25, 0.3) is 5.57 Å². The number of anilines is 1. The van der Waals surface area contributed by atoms with E-state index in [9.17, 15) is 9.59 Å². The molecule has 0 unspecified atom stereocenters. The van der Waals surface area contributed by atoms with Gasteiger partial charge in [0.15, 0.2) is 5.78 Å². The van der Waals surface area contributed by atoms with Crippen molar-refractivity contribution < 1.29 is 9.59 Å². The number of para-hydroxylation sites is 1. The van der Waals surface area contributed by atoms with Gasteiger partial charge in [-0.15, -0.1) is 0 Å². The average Bonchev–Trinajstić information content (AvgIpc) is 2.83. The van der Waals surface area contributed by atoms with Crippen molar-refractivity contribution in [1.82, 2.24) is 4.90 Å². The second-order valence-electron chi connectivity index (χ2n) is 8.10. The monoisotopic (exact) mass is 408 g/mol. The summed E-state index contributed by atoms with van der Waals surface area (Å²) < 4.78 is 0. The fourth-order valence-corrected chi connectivity index (χ4v) is 4.48. The molecule has 0 aromatic heterocycles. The van der Waals surface area contributed by atoms with Gasteiger partial charge in [0.05, 0.1) is 11.3 Å². The van der Waals surface area contributed by atoms with Gasteiger partial charge >= 0.3 is 0 Å². The number of fused-ring (bicyclic) bond motifs is 1. The van der Waals surface area contributed by atoms with Gasteiger partial charge in [0.1, 0.15) is 0 Å². The highest BCUT2D eigenvalue weighted by molar-refractivity contribution is 6.40. The Labute approximate surface area is 182 Å². The summed E-state index contributed by atoms with van der Waals surface area (Å²) in [5, 5.41) is 0. The zero-order chi connectivity index (χ0) is 21.4. The van der Waals surface area contributed by atoms with Crippen LogP contribution in [-0.4, -0.2) is 42.6 Å². The van der Waals surface area contributed by atoms with E-state index < -0.39 is 0 Å². The van der Waals surface area contributed by atoms with E-state index >= 15 is 0 Å². The van der Waals surface area contributed by atoms with Gasteiger partial charge in [-0.25, -0.2) is 0 Å². The largest absolute Gasteiger partial charge is 0.368 e. The molecule has 1 heterocycles. The first kappa shape index (κ1) is 19.3. The van der Waals surface area contributed by atoms with Crippen molar-refractivity contribution >= 4 is 22.8 Å². The van der Waals surface area contributed by atoms with Crippen LogP contribution < -0.4 is 4.90 Å². The Morgan fingerprint density at radius 3 is 1.81 bits per heavy atom. The van der Waals surface area contributed by atoms with Gasteiger partial charge in [-0.1, -0.05) is 72.3 Å². The highest BCUT2D eigenvalue weighted by Crippen LogP contribution is 2.35. The lowest BCUT2D eigenvalue weighted by Crippen LogP contribution is -2.48. The molecule has 4 heteroatoms. The number of Topliss-reactive ketones (excluding diaryl/α,β-unsaturated/α-hetero) is 2. The first-order chi connectivity index (χ1) is 15.1. The predicted molar refractivity (Wildman–Crippen MR) is 123 cm³/mol. The van der Waals surface area contributed by atoms with E-state index in [1.807, 2.05) is 61.5 Å². The highest BCUT2D eigenvalue weighted by Gasteiger charge is 2.36. The predicted octanol–water partition coefficient (Wildman–Crippen LogP) is 4.61. The molecule has 4 nitrogen and oxygen atoms in total. The van der Waals surface area contributed by atoms with Gasteiger partial charge in [-0.2, -0.15) is 0 Å². The maximum Gasteiger partial charge on any atom is 0.210 e. The Hall–Kier alpha value is -3.66. The van der Waals surface area contributed by atoms with Crippen LogP contribution in [0.15, 0.2) is 84.6 Å². The fraction of sp³-hybridized carbons (Fsp3) is 0.185. The molecule has 1 aliphatic carbocycles. The molecular weight excluding hydrogens is 384 g/mol. The van der Waals surface area contributed by atoms with E-state index in [0.29, 0.717) is 35.5 Å². The Bertz CT molecular complexity index is 1170. The summed E-state index contributed by atoms with van der Waals surface area (Å²) in [5.41, 5.74) is 5.18. The Morgan fingerprint density at radius 2 is 1.16 bits per heavy atom. The third-order valence-electron chi connectivity index (χ3n) is 6.15. The molecule has 0 radical (unpaired) electrons. The number of piperazine rings is 1. The summed E-state index contributed by atoms with van der Waals surface area (Å²) in [5.74, 6) is -0.126. The molecule has 3 aromatic rings. The van der Waals surface area contributed by atoms with Crippen LogP contribution in [0.2, 0.25) is 0 Å². The summed E-state index contributed by atoms with van der Waals surface area (Å²) in [6.45, 7) is 5.02.